The third-order valence-electron chi connectivity index (χ3n) is 5.96. The molecule has 3 aromatic carbocycles. The number of anilines is 2. The van der Waals surface area contributed by atoms with Gasteiger partial charge in [-0.25, -0.2) is 0 Å². The summed E-state index contributed by atoms with van der Waals surface area (Å²) in [6.45, 7) is 5.99. The molecule has 1 N–H and O–H groups in total. The molecule has 0 aliphatic heterocycles. The van der Waals surface area contributed by atoms with Crippen molar-refractivity contribution < 1.29 is 9.59 Å². The molecule has 0 fully saturated rings. The number of nitrogens with one attached hydrogen (secondary N) is 1. The average Bonchev–Trinajstić information content (AvgIpc) is 2.79. The number of benzene rings is 3. The monoisotopic (exact) mass is 443 g/mol. The molecule has 3 aromatic rings. The summed E-state index contributed by atoms with van der Waals surface area (Å²) in [5, 5.41) is 3.00. The van der Waals surface area contributed by atoms with E-state index < -0.39 is 5.54 Å². The summed E-state index contributed by atoms with van der Waals surface area (Å²) in [6, 6.07) is 25.3. The molecule has 0 radical (unpaired) electrons. The highest BCUT2D eigenvalue weighted by Gasteiger charge is 2.38. The van der Waals surface area contributed by atoms with Gasteiger partial charge in [-0.05, 0) is 61.7 Å². The van der Waals surface area contributed by atoms with Crippen molar-refractivity contribution in [2.75, 3.05) is 24.3 Å². The van der Waals surface area contributed by atoms with Gasteiger partial charge in [0.15, 0.2) is 0 Å². The number of aryl methyl sites for hydroxylation is 1. The zero-order chi connectivity index (χ0) is 24.0. The van der Waals surface area contributed by atoms with E-state index in [2.05, 4.69) is 5.32 Å². The Morgan fingerprint density at radius 1 is 0.848 bits per heavy atom. The topological polar surface area (TPSA) is 52.7 Å². The number of hydrogen-bond donors (Lipinski definition) is 1. The van der Waals surface area contributed by atoms with Gasteiger partial charge in [0, 0.05) is 32.0 Å². The fourth-order valence-electron chi connectivity index (χ4n) is 3.67. The van der Waals surface area contributed by atoms with E-state index in [1.165, 1.54) is 0 Å². The van der Waals surface area contributed by atoms with E-state index in [1.807, 2.05) is 105 Å². The van der Waals surface area contributed by atoms with Crippen LogP contribution in [0.1, 0.15) is 30.5 Å². The number of rotatable bonds is 8. The molecule has 0 heterocycles. The van der Waals surface area contributed by atoms with Gasteiger partial charge in [0.2, 0.25) is 11.8 Å². The average molecular weight is 444 g/mol. The van der Waals surface area contributed by atoms with E-state index in [0.717, 1.165) is 22.4 Å². The molecular weight excluding hydrogens is 410 g/mol. The number of carbonyl (C=O) groups excluding carboxylic acids is 2. The Hall–Kier alpha value is -3.60. The molecule has 172 valence electrons. The minimum Gasteiger partial charge on any atom is -0.378 e. The van der Waals surface area contributed by atoms with Gasteiger partial charge in [-0.15, -0.1) is 0 Å². The summed E-state index contributed by atoms with van der Waals surface area (Å²) in [5.74, 6) is -0.317. The summed E-state index contributed by atoms with van der Waals surface area (Å²) in [6.07, 6.45) is 0.237. The fraction of sp³-hybridized carbons (Fsp3) is 0.286. The first-order chi connectivity index (χ1) is 15.7. The van der Waals surface area contributed by atoms with Crippen molar-refractivity contribution in [1.82, 2.24) is 4.90 Å². The molecule has 0 aliphatic carbocycles. The Balaban J connectivity index is 1.86. The van der Waals surface area contributed by atoms with E-state index in [9.17, 15) is 9.59 Å². The van der Waals surface area contributed by atoms with Gasteiger partial charge in [-0.1, -0.05) is 54.6 Å². The molecule has 0 atom stereocenters. The maximum Gasteiger partial charge on any atom is 0.249 e. The van der Waals surface area contributed by atoms with Gasteiger partial charge in [-0.3, -0.25) is 9.59 Å². The Kier molecular flexibility index (Phi) is 7.54. The second-order valence-electron chi connectivity index (χ2n) is 9.02. The molecule has 0 aliphatic rings. The second kappa shape index (κ2) is 10.3. The first kappa shape index (κ1) is 24.1. The maximum absolute atomic E-state index is 13.5. The van der Waals surface area contributed by atoms with Crippen LogP contribution in [-0.4, -0.2) is 36.3 Å². The normalized spacial score (nSPS) is 11.1. The third kappa shape index (κ3) is 6.01. The van der Waals surface area contributed by atoms with Crippen LogP contribution in [0.3, 0.4) is 0 Å². The summed E-state index contributed by atoms with van der Waals surface area (Å²) in [4.78, 5) is 30.6. The standard InChI is InChI=1S/C28H33N3O2/c1-21-11-9-10-14-23(21)20-31(26(32)19-22-12-7-6-8-13-22)28(2,3)27(33)29-24-15-17-25(18-16-24)30(4)5/h6-18H,19-20H2,1-5H3,(H,29,33). The first-order valence-electron chi connectivity index (χ1n) is 11.2. The number of nitrogens with zero attached hydrogens (tertiary/aromatic N) is 2. The first-order valence-corrected chi connectivity index (χ1v) is 11.2. The fourth-order valence-corrected chi connectivity index (χ4v) is 3.67. The minimum absolute atomic E-state index is 0.0902. The second-order valence-corrected chi connectivity index (χ2v) is 9.02. The summed E-state index contributed by atoms with van der Waals surface area (Å²) >= 11 is 0. The highest BCUT2D eigenvalue weighted by molar-refractivity contribution is 6.00. The van der Waals surface area contributed by atoms with Crippen molar-refractivity contribution in [2.45, 2.75) is 39.3 Å². The van der Waals surface area contributed by atoms with Crippen LogP contribution in [0, 0.1) is 6.92 Å². The number of amides is 2. The molecule has 0 unspecified atom stereocenters. The van der Waals surface area contributed by atoms with E-state index in [4.69, 9.17) is 0 Å². The van der Waals surface area contributed by atoms with E-state index in [-0.39, 0.29) is 18.2 Å². The lowest BCUT2D eigenvalue weighted by molar-refractivity contribution is -0.144. The Morgan fingerprint density at radius 2 is 1.45 bits per heavy atom. The quantitative estimate of drug-likeness (QED) is 0.530. The van der Waals surface area contributed by atoms with Gasteiger partial charge in [0.05, 0.1) is 6.42 Å². The van der Waals surface area contributed by atoms with Gasteiger partial charge in [0.25, 0.3) is 0 Å². The molecule has 33 heavy (non-hydrogen) atoms. The van der Waals surface area contributed by atoms with Crippen LogP contribution in [0.5, 0.6) is 0 Å². The van der Waals surface area contributed by atoms with Crippen molar-refractivity contribution in [2.24, 2.45) is 0 Å². The molecule has 5 nitrogen and oxygen atoms in total. The van der Waals surface area contributed by atoms with E-state index >= 15 is 0 Å². The minimum atomic E-state index is -1.06. The van der Waals surface area contributed by atoms with Crippen LogP contribution in [0.4, 0.5) is 11.4 Å². The zero-order valence-corrected chi connectivity index (χ0v) is 20.1. The molecule has 5 heteroatoms. The Labute approximate surface area is 197 Å². The lowest BCUT2D eigenvalue weighted by atomic mass is 9.97. The van der Waals surface area contributed by atoms with Gasteiger partial charge in [0.1, 0.15) is 5.54 Å². The molecule has 3 rings (SSSR count). The molecule has 0 saturated carbocycles. The van der Waals surface area contributed by atoms with Crippen LogP contribution in [0.2, 0.25) is 0 Å². The molecule has 0 bridgehead atoms. The largest absolute Gasteiger partial charge is 0.378 e. The van der Waals surface area contributed by atoms with Crippen LogP contribution < -0.4 is 10.2 Å². The van der Waals surface area contributed by atoms with E-state index in [0.29, 0.717) is 12.2 Å². The van der Waals surface area contributed by atoms with Crippen molar-refractivity contribution in [3.05, 3.63) is 95.6 Å². The van der Waals surface area contributed by atoms with Crippen LogP contribution in [0.25, 0.3) is 0 Å². The predicted octanol–water partition coefficient (Wildman–Crippen LogP) is 5.05. The SMILES string of the molecule is Cc1ccccc1CN(C(=O)Cc1ccccc1)C(C)(C)C(=O)Nc1ccc(N(C)C)cc1. The number of carbonyl (C=O) groups is 2. The molecule has 0 spiro atoms. The van der Waals surface area contributed by atoms with Crippen molar-refractivity contribution in [3.63, 3.8) is 0 Å². The lowest BCUT2D eigenvalue weighted by Gasteiger charge is -2.38. The summed E-state index contributed by atoms with van der Waals surface area (Å²) in [7, 11) is 3.94. The number of hydrogen-bond acceptors (Lipinski definition) is 3. The zero-order valence-electron chi connectivity index (χ0n) is 20.1. The van der Waals surface area contributed by atoms with Crippen LogP contribution in [0.15, 0.2) is 78.9 Å². The molecular formula is C28H33N3O2. The van der Waals surface area contributed by atoms with Crippen molar-refractivity contribution >= 4 is 23.2 Å². The van der Waals surface area contributed by atoms with Crippen LogP contribution in [-0.2, 0) is 22.6 Å². The van der Waals surface area contributed by atoms with Gasteiger partial charge < -0.3 is 15.1 Å². The molecule has 0 aromatic heterocycles. The maximum atomic E-state index is 13.5. The molecule has 2 amide bonds. The molecule has 0 saturated heterocycles. The van der Waals surface area contributed by atoms with E-state index in [1.54, 1.807) is 18.7 Å². The summed E-state index contributed by atoms with van der Waals surface area (Å²) < 4.78 is 0. The Morgan fingerprint density at radius 3 is 2.06 bits per heavy atom. The van der Waals surface area contributed by atoms with Gasteiger partial charge in [-0.2, -0.15) is 0 Å². The predicted molar refractivity (Wildman–Crippen MR) is 135 cm³/mol. The lowest BCUT2D eigenvalue weighted by Crippen LogP contribution is -2.55. The third-order valence-corrected chi connectivity index (χ3v) is 5.96. The summed E-state index contributed by atoms with van der Waals surface area (Å²) in [5.41, 5.74) is 3.72. The van der Waals surface area contributed by atoms with Gasteiger partial charge >= 0.3 is 0 Å². The highest BCUT2D eigenvalue weighted by atomic mass is 16.2. The highest BCUT2D eigenvalue weighted by Crippen LogP contribution is 2.24. The van der Waals surface area contributed by atoms with Crippen LogP contribution >= 0.6 is 0 Å². The smallest absolute Gasteiger partial charge is 0.249 e. The Bertz CT molecular complexity index is 1090. The van der Waals surface area contributed by atoms with Crippen molar-refractivity contribution in [3.8, 4) is 0 Å². The van der Waals surface area contributed by atoms with Crippen molar-refractivity contribution in [1.29, 1.82) is 0 Å².